The standard InChI is InChI=1S/C11H13F3N2O2S/c12-11(13,14)9-3-1-2-4-10(9)16-19(17,18)8-5-6-15-7-8/h1-4,8,15-16H,5-7H2. The molecule has 0 bridgehead atoms. The molecule has 1 aromatic carbocycles. The highest BCUT2D eigenvalue weighted by Gasteiger charge is 2.35. The first-order valence-electron chi connectivity index (χ1n) is 5.69. The van der Waals surface area contributed by atoms with E-state index in [0.717, 1.165) is 12.1 Å². The molecule has 1 aliphatic rings. The number of rotatable bonds is 3. The predicted octanol–water partition coefficient (Wildman–Crippen LogP) is 1.81. The summed E-state index contributed by atoms with van der Waals surface area (Å²) in [7, 11) is -3.81. The maximum atomic E-state index is 12.8. The van der Waals surface area contributed by atoms with E-state index in [2.05, 4.69) is 5.32 Å². The summed E-state index contributed by atoms with van der Waals surface area (Å²) in [6.45, 7) is 0.802. The summed E-state index contributed by atoms with van der Waals surface area (Å²) in [5.41, 5.74) is -1.41. The Bertz CT molecular complexity index is 551. The van der Waals surface area contributed by atoms with Crippen molar-refractivity contribution in [2.24, 2.45) is 0 Å². The van der Waals surface area contributed by atoms with Crippen molar-refractivity contribution in [3.05, 3.63) is 29.8 Å². The molecule has 0 aromatic heterocycles. The number of halogens is 3. The van der Waals surface area contributed by atoms with Crippen LogP contribution in [0.4, 0.5) is 18.9 Å². The Kier molecular flexibility index (Phi) is 3.73. The van der Waals surface area contributed by atoms with Crippen LogP contribution < -0.4 is 10.0 Å². The fourth-order valence-electron chi connectivity index (χ4n) is 1.95. The molecular weight excluding hydrogens is 281 g/mol. The van der Waals surface area contributed by atoms with Gasteiger partial charge in [-0.25, -0.2) is 8.42 Å². The second-order valence-corrected chi connectivity index (χ2v) is 6.27. The Balaban J connectivity index is 2.29. The topological polar surface area (TPSA) is 58.2 Å². The average molecular weight is 294 g/mol. The molecule has 0 spiro atoms. The molecule has 2 rings (SSSR count). The van der Waals surface area contributed by atoms with E-state index in [-0.39, 0.29) is 6.54 Å². The lowest BCUT2D eigenvalue weighted by Crippen LogP contribution is -2.30. The largest absolute Gasteiger partial charge is 0.418 e. The van der Waals surface area contributed by atoms with Crippen LogP contribution in [0.15, 0.2) is 24.3 Å². The molecule has 1 saturated heterocycles. The van der Waals surface area contributed by atoms with Crippen molar-refractivity contribution in [3.8, 4) is 0 Å². The molecule has 2 N–H and O–H groups in total. The molecule has 1 aliphatic heterocycles. The highest BCUT2D eigenvalue weighted by atomic mass is 32.2. The Hall–Kier alpha value is -1.28. The quantitative estimate of drug-likeness (QED) is 0.894. The van der Waals surface area contributed by atoms with E-state index >= 15 is 0 Å². The molecule has 1 heterocycles. The number of nitrogens with one attached hydrogen (secondary N) is 2. The molecule has 0 saturated carbocycles. The zero-order valence-electron chi connectivity index (χ0n) is 9.87. The van der Waals surface area contributed by atoms with Gasteiger partial charge in [0.05, 0.1) is 16.5 Å². The van der Waals surface area contributed by atoms with Crippen molar-refractivity contribution in [1.82, 2.24) is 5.32 Å². The van der Waals surface area contributed by atoms with Gasteiger partial charge in [0.1, 0.15) is 0 Å². The van der Waals surface area contributed by atoms with Crippen molar-refractivity contribution in [2.75, 3.05) is 17.8 Å². The van der Waals surface area contributed by atoms with E-state index in [1.807, 2.05) is 4.72 Å². The lowest BCUT2D eigenvalue weighted by molar-refractivity contribution is -0.136. The molecule has 8 heteroatoms. The van der Waals surface area contributed by atoms with Crippen LogP contribution in [-0.4, -0.2) is 26.8 Å². The molecule has 1 unspecified atom stereocenters. The molecule has 106 valence electrons. The molecule has 1 fully saturated rings. The summed E-state index contributed by atoms with van der Waals surface area (Å²) in [6.07, 6.45) is -4.20. The smallest absolute Gasteiger partial charge is 0.315 e. The van der Waals surface area contributed by atoms with Gasteiger partial charge in [-0.15, -0.1) is 0 Å². The first-order chi connectivity index (χ1) is 8.81. The van der Waals surface area contributed by atoms with Crippen LogP contribution in [0, 0.1) is 0 Å². The third kappa shape index (κ3) is 3.19. The minimum Gasteiger partial charge on any atom is -0.315 e. The Morgan fingerprint density at radius 2 is 1.95 bits per heavy atom. The van der Waals surface area contributed by atoms with E-state index < -0.39 is 32.7 Å². The van der Waals surface area contributed by atoms with Gasteiger partial charge in [0.2, 0.25) is 10.0 Å². The molecule has 0 amide bonds. The van der Waals surface area contributed by atoms with Gasteiger partial charge < -0.3 is 5.32 Å². The van der Waals surface area contributed by atoms with Crippen LogP contribution in [-0.2, 0) is 16.2 Å². The van der Waals surface area contributed by atoms with Crippen LogP contribution in [0.5, 0.6) is 0 Å². The number of benzene rings is 1. The van der Waals surface area contributed by atoms with Gasteiger partial charge in [0.15, 0.2) is 0 Å². The molecule has 1 atom stereocenters. The molecule has 4 nitrogen and oxygen atoms in total. The third-order valence-corrected chi connectivity index (χ3v) is 4.72. The van der Waals surface area contributed by atoms with Crippen LogP contribution in [0.3, 0.4) is 0 Å². The van der Waals surface area contributed by atoms with Gasteiger partial charge in [-0.05, 0) is 25.1 Å². The van der Waals surface area contributed by atoms with E-state index in [1.54, 1.807) is 0 Å². The first kappa shape index (κ1) is 14.1. The van der Waals surface area contributed by atoms with Crippen molar-refractivity contribution >= 4 is 15.7 Å². The third-order valence-electron chi connectivity index (χ3n) is 2.94. The second-order valence-electron chi connectivity index (χ2n) is 4.31. The number of hydrogen-bond acceptors (Lipinski definition) is 3. The van der Waals surface area contributed by atoms with Crippen molar-refractivity contribution in [3.63, 3.8) is 0 Å². The summed E-state index contributed by atoms with van der Waals surface area (Å²) in [5, 5.41) is 2.17. The molecule has 0 aliphatic carbocycles. The van der Waals surface area contributed by atoms with E-state index in [4.69, 9.17) is 0 Å². The summed E-state index contributed by atoms with van der Waals surface area (Å²) >= 11 is 0. The van der Waals surface area contributed by atoms with Crippen molar-refractivity contribution in [2.45, 2.75) is 17.8 Å². The Morgan fingerprint density at radius 3 is 2.53 bits per heavy atom. The summed E-state index contributed by atoms with van der Waals surface area (Å²) < 4.78 is 64.2. The maximum Gasteiger partial charge on any atom is 0.418 e. The molecule has 19 heavy (non-hydrogen) atoms. The van der Waals surface area contributed by atoms with Gasteiger partial charge in [0.25, 0.3) is 0 Å². The minimum absolute atomic E-state index is 0.253. The second kappa shape index (κ2) is 5.01. The minimum atomic E-state index is -4.59. The average Bonchev–Trinajstić information content (AvgIpc) is 2.81. The lowest BCUT2D eigenvalue weighted by Gasteiger charge is -2.17. The molecular formula is C11H13F3N2O2S. The number of hydrogen-bond donors (Lipinski definition) is 2. The van der Waals surface area contributed by atoms with Crippen molar-refractivity contribution in [1.29, 1.82) is 0 Å². The Labute approximate surface area is 109 Å². The van der Waals surface area contributed by atoms with Gasteiger partial charge in [-0.1, -0.05) is 12.1 Å². The Morgan fingerprint density at radius 1 is 1.26 bits per heavy atom. The number of alkyl halides is 3. The number of sulfonamides is 1. The van der Waals surface area contributed by atoms with Gasteiger partial charge in [0, 0.05) is 6.54 Å². The normalized spacial score (nSPS) is 20.5. The monoisotopic (exact) mass is 294 g/mol. The van der Waals surface area contributed by atoms with Gasteiger partial charge in [-0.2, -0.15) is 13.2 Å². The first-order valence-corrected chi connectivity index (χ1v) is 7.24. The molecule has 1 aromatic rings. The predicted molar refractivity (Wildman–Crippen MR) is 65.3 cm³/mol. The van der Waals surface area contributed by atoms with E-state index in [0.29, 0.717) is 13.0 Å². The zero-order chi connectivity index (χ0) is 14.1. The highest BCUT2D eigenvalue weighted by molar-refractivity contribution is 7.93. The van der Waals surface area contributed by atoms with Crippen LogP contribution >= 0.6 is 0 Å². The van der Waals surface area contributed by atoms with Crippen LogP contribution in [0.2, 0.25) is 0 Å². The number of anilines is 1. The zero-order valence-corrected chi connectivity index (χ0v) is 10.7. The van der Waals surface area contributed by atoms with Gasteiger partial charge in [-0.3, -0.25) is 4.72 Å². The van der Waals surface area contributed by atoms with E-state index in [9.17, 15) is 21.6 Å². The molecule has 0 radical (unpaired) electrons. The summed E-state index contributed by atoms with van der Waals surface area (Å²) in [4.78, 5) is 0. The van der Waals surface area contributed by atoms with Crippen LogP contribution in [0.1, 0.15) is 12.0 Å². The summed E-state index contributed by atoms with van der Waals surface area (Å²) in [5.74, 6) is 0. The number of para-hydroxylation sites is 1. The summed E-state index contributed by atoms with van der Waals surface area (Å²) in [6, 6.07) is 4.55. The SMILES string of the molecule is O=S(=O)(Nc1ccccc1C(F)(F)F)C1CCNC1. The lowest BCUT2D eigenvalue weighted by atomic mass is 10.2. The highest BCUT2D eigenvalue weighted by Crippen LogP contribution is 2.35. The van der Waals surface area contributed by atoms with Gasteiger partial charge >= 0.3 is 6.18 Å². The van der Waals surface area contributed by atoms with E-state index in [1.165, 1.54) is 12.1 Å². The fourth-order valence-corrected chi connectivity index (χ4v) is 3.37. The maximum absolute atomic E-state index is 12.8. The van der Waals surface area contributed by atoms with Crippen molar-refractivity contribution < 1.29 is 21.6 Å². The van der Waals surface area contributed by atoms with Crippen LogP contribution in [0.25, 0.3) is 0 Å². The fraction of sp³-hybridized carbons (Fsp3) is 0.455.